The molecule has 7 nitrogen and oxygen atoms in total. The van der Waals surface area contributed by atoms with Gasteiger partial charge in [0, 0.05) is 28.1 Å². The first-order valence-corrected chi connectivity index (χ1v) is 14.0. The molecule has 4 aliphatic heterocycles. The lowest BCUT2D eigenvalue weighted by Crippen LogP contribution is -2.51. The minimum Gasteiger partial charge on any atom is -0.454 e. The summed E-state index contributed by atoms with van der Waals surface area (Å²) < 4.78 is 11.1. The molecule has 0 radical (unpaired) electrons. The molecule has 4 heterocycles. The monoisotopic (exact) mass is 554 g/mol. The Hall–Kier alpha value is -5.17. The highest BCUT2D eigenvalue weighted by molar-refractivity contribution is 6.18. The van der Waals surface area contributed by atoms with E-state index in [0.29, 0.717) is 28.3 Å². The summed E-state index contributed by atoms with van der Waals surface area (Å²) in [6.07, 6.45) is 2.06. The molecule has 8 rings (SSSR count). The maximum atomic E-state index is 15.0. The van der Waals surface area contributed by atoms with Crippen molar-refractivity contribution < 1.29 is 23.9 Å². The number of fused-ring (bicyclic) bond motifs is 7. The number of carbonyl (C=O) groups is 3. The predicted molar refractivity (Wildman–Crippen MR) is 158 cm³/mol. The fourth-order valence-electron chi connectivity index (χ4n) is 7.39. The van der Waals surface area contributed by atoms with Crippen molar-refractivity contribution in [2.24, 2.45) is 5.92 Å². The molecular formula is C35H26N2O5. The zero-order chi connectivity index (χ0) is 28.6. The van der Waals surface area contributed by atoms with Crippen molar-refractivity contribution in [3.05, 3.63) is 125 Å². The normalized spacial score (nSPS) is 24.5. The molecule has 4 aliphatic rings. The zero-order valence-electron chi connectivity index (χ0n) is 22.7. The highest BCUT2D eigenvalue weighted by Crippen LogP contribution is 2.59. The lowest BCUT2D eigenvalue weighted by atomic mass is 9.64. The van der Waals surface area contributed by atoms with Crippen molar-refractivity contribution in [3.8, 4) is 11.5 Å². The fraction of sp³-hybridized carbons (Fsp3) is 0.171. The standard InChI is InChI=1S/C35H26N2O5/c1-20-17-29-35(24-12-6-7-13-25(24)36-34(35)40)30(32(38)22-15-16-27-28(18-22)42-19-41-27)31(33(39)21-9-3-2-4-10-21)37(29)26-14-8-5-11-23(20)26/h2-18,29-31H,19H2,1H3,(H,36,40)/t29-,30+,31-,35+/m1/s1. The fourth-order valence-corrected chi connectivity index (χ4v) is 7.39. The second-order valence-corrected chi connectivity index (χ2v) is 11.2. The number of amides is 1. The number of hydrogen-bond donors (Lipinski definition) is 1. The SMILES string of the molecule is CC1=C[C@H]2N(c3ccccc31)[C@@H](C(=O)c1ccccc1)[C@@H](C(=O)c1ccc3c(c1)OCO3)[C@@]21C(=O)Nc2ccccc21. The van der Waals surface area contributed by atoms with Crippen LogP contribution >= 0.6 is 0 Å². The lowest BCUT2D eigenvalue weighted by Gasteiger charge is -2.39. The first-order chi connectivity index (χ1) is 20.5. The molecule has 0 aromatic heterocycles. The van der Waals surface area contributed by atoms with Crippen molar-refractivity contribution in [3.63, 3.8) is 0 Å². The molecule has 1 N–H and O–H groups in total. The summed E-state index contributed by atoms with van der Waals surface area (Å²) >= 11 is 0. The molecule has 1 saturated heterocycles. The van der Waals surface area contributed by atoms with Crippen molar-refractivity contribution in [1.29, 1.82) is 0 Å². The first kappa shape index (κ1) is 24.6. The van der Waals surface area contributed by atoms with E-state index >= 15 is 0 Å². The number of allylic oxidation sites excluding steroid dienone is 1. The third-order valence-corrected chi connectivity index (χ3v) is 9.15. The van der Waals surface area contributed by atoms with E-state index in [4.69, 9.17) is 9.47 Å². The van der Waals surface area contributed by atoms with E-state index in [1.807, 2.05) is 78.6 Å². The van der Waals surface area contributed by atoms with E-state index in [1.54, 1.807) is 30.3 Å². The minimum absolute atomic E-state index is 0.0714. The Morgan fingerprint density at radius 1 is 0.833 bits per heavy atom. The van der Waals surface area contributed by atoms with E-state index in [0.717, 1.165) is 22.4 Å². The molecule has 0 unspecified atom stereocenters. The Kier molecular flexibility index (Phi) is 5.22. The number of hydrogen-bond acceptors (Lipinski definition) is 6. The van der Waals surface area contributed by atoms with Crippen LogP contribution in [0.15, 0.2) is 103 Å². The molecule has 1 spiro atoms. The van der Waals surface area contributed by atoms with Gasteiger partial charge in [-0.05, 0) is 48.4 Å². The molecule has 4 aromatic rings. The topological polar surface area (TPSA) is 84.9 Å². The summed E-state index contributed by atoms with van der Waals surface area (Å²) in [6.45, 7) is 2.09. The van der Waals surface area contributed by atoms with E-state index in [1.165, 1.54) is 0 Å². The van der Waals surface area contributed by atoms with Crippen molar-refractivity contribution >= 4 is 34.4 Å². The largest absolute Gasteiger partial charge is 0.454 e. The Labute approximate surface area is 242 Å². The first-order valence-electron chi connectivity index (χ1n) is 14.0. The Morgan fingerprint density at radius 3 is 2.43 bits per heavy atom. The average molecular weight is 555 g/mol. The third-order valence-electron chi connectivity index (χ3n) is 9.15. The van der Waals surface area contributed by atoms with Crippen LogP contribution < -0.4 is 19.7 Å². The Bertz CT molecular complexity index is 1850. The van der Waals surface area contributed by atoms with Crippen LogP contribution in [0.3, 0.4) is 0 Å². The average Bonchev–Trinajstić information content (AvgIpc) is 3.70. The summed E-state index contributed by atoms with van der Waals surface area (Å²) in [6, 6.07) is 27.9. The van der Waals surface area contributed by atoms with E-state index in [9.17, 15) is 14.4 Å². The van der Waals surface area contributed by atoms with Crippen LogP contribution in [-0.4, -0.2) is 36.4 Å². The van der Waals surface area contributed by atoms with E-state index in [2.05, 4.69) is 11.4 Å². The number of nitrogens with zero attached hydrogens (tertiary/aromatic N) is 1. The van der Waals surface area contributed by atoms with Gasteiger partial charge in [0.2, 0.25) is 12.7 Å². The van der Waals surface area contributed by atoms with Gasteiger partial charge in [0.25, 0.3) is 0 Å². The third kappa shape index (κ3) is 3.19. The summed E-state index contributed by atoms with van der Waals surface area (Å²) in [5.74, 6) is -0.824. The van der Waals surface area contributed by atoms with E-state index in [-0.39, 0.29) is 24.3 Å². The molecular weight excluding hydrogens is 528 g/mol. The van der Waals surface area contributed by atoms with Crippen molar-refractivity contribution in [2.45, 2.75) is 24.4 Å². The van der Waals surface area contributed by atoms with Crippen LogP contribution in [0.25, 0.3) is 5.57 Å². The molecule has 42 heavy (non-hydrogen) atoms. The Morgan fingerprint density at radius 2 is 1.57 bits per heavy atom. The highest BCUT2D eigenvalue weighted by Gasteiger charge is 2.70. The summed E-state index contributed by atoms with van der Waals surface area (Å²) in [7, 11) is 0. The van der Waals surface area contributed by atoms with Crippen molar-refractivity contribution in [2.75, 3.05) is 17.0 Å². The smallest absolute Gasteiger partial charge is 0.238 e. The van der Waals surface area contributed by atoms with Gasteiger partial charge >= 0.3 is 0 Å². The summed E-state index contributed by atoms with van der Waals surface area (Å²) in [4.78, 5) is 46.2. The number of nitrogens with one attached hydrogen (secondary N) is 1. The molecule has 1 amide bonds. The minimum atomic E-state index is -1.37. The number of benzene rings is 4. The number of ether oxygens (including phenoxy) is 2. The molecule has 0 saturated carbocycles. The highest BCUT2D eigenvalue weighted by atomic mass is 16.7. The van der Waals surface area contributed by atoms with Gasteiger partial charge in [0.15, 0.2) is 23.1 Å². The molecule has 0 bridgehead atoms. The molecule has 206 valence electrons. The van der Waals surface area contributed by atoms with Gasteiger partial charge in [-0.15, -0.1) is 0 Å². The second-order valence-electron chi connectivity index (χ2n) is 11.2. The predicted octanol–water partition coefficient (Wildman–Crippen LogP) is 5.66. The van der Waals surface area contributed by atoms with Gasteiger partial charge in [-0.25, -0.2) is 0 Å². The summed E-state index contributed by atoms with van der Waals surface area (Å²) in [5.41, 5.74) is 3.64. The number of carbonyl (C=O) groups excluding carboxylic acids is 3. The van der Waals surface area contributed by atoms with Gasteiger partial charge in [0.1, 0.15) is 11.5 Å². The van der Waals surface area contributed by atoms with Crippen LogP contribution in [0, 0.1) is 5.92 Å². The number of ketones is 2. The zero-order valence-corrected chi connectivity index (χ0v) is 22.7. The van der Waals surface area contributed by atoms with Gasteiger partial charge in [-0.1, -0.05) is 72.8 Å². The van der Waals surface area contributed by atoms with Crippen LogP contribution in [0.2, 0.25) is 0 Å². The van der Waals surface area contributed by atoms with Gasteiger partial charge in [0.05, 0.1) is 12.0 Å². The number of Topliss-reactive ketones (excluding diaryl/α,β-unsaturated/α-hetero) is 2. The van der Waals surface area contributed by atoms with Crippen LogP contribution in [0.4, 0.5) is 11.4 Å². The molecule has 7 heteroatoms. The second kappa shape index (κ2) is 8.91. The van der Waals surface area contributed by atoms with Gasteiger partial charge < -0.3 is 19.7 Å². The quantitative estimate of drug-likeness (QED) is 0.328. The van der Waals surface area contributed by atoms with Crippen LogP contribution in [-0.2, 0) is 10.2 Å². The molecule has 4 aromatic carbocycles. The molecule has 4 atom stereocenters. The number of anilines is 2. The maximum absolute atomic E-state index is 15.0. The molecule has 0 aliphatic carbocycles. The number of rotatable bonds is 4. The number of para-hydroxylation sites is 2. The van der Waals surface area contributed by atoms with Gasteiger partial charge in [-0.3, -0.25) is 14.4 Å². The molecule has 1 fully saturated rings. The van der Waals surface area contributed by atoms with Crippen LogP contribution in [0.1, 0.15) is 38.8 Å². The van der Waals surface area contributed by atoms with Gasteiger partial charge in [-0.2, -0.15) is 0 Å². The Balaban J connectivity index is 1.43. The van der Waals surface area contributed by atoms with Crippen LogP contribution in [0.5, 0.6) is 11.5 Å². The maximum Gasteiger partial charge on any atom is 0.238 e. The van der Waals surface area contributed by atoms with E-state index < -0.39 is 23.4 Å². The summed E-state index contributed by atoms with van der Waals surface area (Å²) in [5, 5.41) is 3.08. The van der Waals surface area contributed by atoms with Crippen molar-refractivity contribution in [1.82, 2.24) is 0 Å². The lowest BCUT2D eigenvalue weighted by molar-refractivity contribution is -0.121.